The summed E-state index contributed by atoms with van der Waals surface area (Å²) in [5.41, 5.74) is 4.19. The number of esters is 1. The van der Waals surface area contributed by atoms with Crippen LogP contribution in [-0.2, 0) is 16.0 Å². The Morgan fingerprint density at radius 1 is 1.24 bits per heavy atom. The van der Waals surface area contributed by atoms with Gasteiger partial charge in [0.1, 0.15) is 6.10 Å². The van der Waals surface area contributed by atoms with E-state index in [4.69, 9.17) is 4.74 Å². The number of ether oxygens (including phenoxy) is 1. The van der Waals surface area contributed by atoms with Crippen molar-refractivity contribution < 1.29 is 14.6 Å². The average Bonchev–Trinajstić information content (AvgIpc) is 3.16. The van der Waals surface area contributed by atoms with E-state index in [1.165, 1.54) is 22.0 Å². The highest BCUT2D eigenvalue weighted by Crippen LogP contribution is 2.46. The number of aliphatic hydroxyl groups excluding tert-OH is 1. The van der Waals surface area contributed by atoms with Gasteiger partial charge >= 0.3 is 5.97 Å². The molecule has 182 valence electrons. The second-order valence-corrected chi connectivity index (χ2v) is 10.5. The lowest BCUT2D eigenvalue weighted by molar-refractivity contribution is -0.165. The molecule has 2 fully saturated rings. The van der Waals surface area contributed by atoms with Gasteiger partial charge in [-0.15, -0.1) is 17.0 Å². The van der Waals surface area contributed by atoms with Crippen LogP contribution in [0.5, 0.6) is 0 Å². The average molecular weight is 520 g/mol. The van der Waals surface area contributed by atoms with E-state index >= 15 is 0 Å². The molecule has 5 atom stereocenters. The Morgan fingerprint density at radius 2 is 2.03 bits per heavy atom. The number of hydrogen-bond donors (Lipinski definition) is 1. The van der Waals surface area contributed by atoms with E-state index in [1.54, 1.807) is 0 Å². The van der Waals surface area contributed by atoms with E-state index in [1.807, 2.05) is 0 Å². The summed E-state index contributed by atoms with van der Waals surface area (Å²) in [5.74, 6) is 0.123. The number of benzene rings is 1. The van der Waals surface area contributed by atoms with E-state index in [0.717, 1.165) is 58.0 Å². The highest BCUT2D eigenvalue weighted by molar-refractivity contribution is 8.93. The molecule has 5 rings (SSSR count). The maximum Gasteiger partial charge on any atom is 0.310 e. The zero-order valence-electron chi connectivity index (χ0n) is 20.2. The summed E-state index contributed by atoms with van der Waals surface area (Å²) < 4.78 is 8.32. The van der Waals surface area contributed by atoms with Crippen LogP contribution < -0.4 is 0 Å². The maximum absolute atomic E-state index is 13.3. The summed E-state index contributed by atoms with van der Waals surface area (Å²) in [6, 6.07) is 7.59. The molecule has 1 saturated heterocycles. The Morgan fingerprint density at radius 3 is 2.76 bits per heavy atom. The number of carbonyl (C=O) groups is 1. The number of piperidine rings is 1. The van der Waals surface area contributed by atoms with Crippen molar-refractivity contribution in [1.29, 1.82) is 0 Å². The molecule has 2 heterocycles. The molecule has 2 aromatic rings. The molecule has 1 saturated carbocycles. The molecule has 1 aliphatic heterocycles. The van der Waals surface area contributed by atoms with Crippen molar-refractivity contribution in [3.05, 3.63) is 35.5 Å². The molecule has 6 heteroatoms. The first-order valence-electron chi connectivity index (χ1n) is 12.7. The molecule has 5 nitrogen and oxygen atoms in total. The zero-order chi connectivity index (χ0) is 22.4. The lowest BCUT2D eigenvalue weighted by atomic mass is 9.72. The van der Waals surface area contributed by atoms with Gasteiger partial charge < -0.3 is 14.4 Å². The minimum absolute atomic E-state index is 0. The van der Waals surface area contributed by atoms with Crippen molar-refractivity contribution in [2.24, 2.45) is 5.92 Å². The van der Waals surface area contributed by atoms with Gasteiger partial charge in [0.15, 0.2) is 0 Å². The maximum atomic E-state index is 13.3. The first kappa shape index (κ1) is 24.7. The minimum atomic E-state index is -0.502. The summed E-state index contributed by atoms with van der Waals surface area (Å²) in [6.07, 6.45) is 8.11. The number of rotatable bonds is 5. The molecule has 33 heavy (non-hydrogen) atoms. The fraction of sp³-hybridized carbons (Fsp3) is 0.667. The van der Waals surface area contributed by atoms with Gasteiger partial charge in [-0.05, 0) is 76.1 Å². The first-order valence-corrected chi connectivity index (χ1v) is 12.7. The van der Waals surface area contributed by atoms with E-state index in [9.17, 15) is 9.90 Å². The van der Waals surface area contributed by atoms with Crippen LogP contribution in [-0.4, -0.2) is 51.9 Å². The van der Waals surface area contributed by atoms with Gasteiger partial charge in [0.2, 0.25) is 0 Å². The summed E-state index contributed by atoms with van der Waals surface area (Å²) >= 11 is 0. The number of aromatic nitrogens is 1. The van der Waals surface area contributed by atoms with Crippen molar-refractivity contribution in [3.8, 4) is 0 Å². The summed E-state index contributed by atoms with van der Waals surface area (Å²) in [7, 11) is 0. The van der Waals surface area contributed by atoms with Gasteiger partial charge in [0, 0.05) is 41.6 Å². The summed E-state index contributed by atoms with van der Waals surface area (Å²) in [4.78, 5) is 15.8. The van der Waals surface area contributed by atoms with Gasteiger partial charge in [0.05, 0.1) is 12.0 Å². The molecule has 0 amide bonds. The molecule has 3 unspecified atom stereocenters. The van der Waals surface area contributed by atoms with E-state index in [2.05, 4.69) is 54.6 Å². The molecule has 0 spiro atoms. The van der Waals surface area contributed by atoms with Crippen molar-refractivity contribution in [2.45, 2.75) is 95.9 Å². The Kier molecular flexibility index (Phi) is 7.56. The van der Waals surface area contributed by atoms with Crippen molar-refractivity contribution in [1.82, 2.24) is 9.47 Å². The van der Waals surface area contributed by atoms with Gasteiger partial charge in [-0.1, -0.05) is 25.5 Å². The highest BCUT2D eigenvalue weighted by atomic mass is 79.9. The Bertz CT molecular complexity index is 987. The predicted octanol–water partition coefficient (Wildman–Crippen LogP) is 5.39. The lowest BCUT2D eigenvalue weighted by Crippen LogP contribution is -2.52. The van der Waals surface area contributed by atoms with Crippen LogP contribution in [0.25, 0.3) is 10.9 Å². The van der Waals surface area contributed by atoms with Gasteiger partial charge in [-0.25, -0.2) is 0 Å². The van der Waals surface area contributed by atoms with Crippen LogP contribution in [0.4, 0.5) is 0 Å². The smallest absolute Gasteiger partial charge is 0.310 e. The number of hydrogen-bond acceptors (Lipinski definition) is 4. The summed E-state index contributed by atoms with van der Waals surface area (Å²) in [6.45, 7) is 8.49. The van der Waals surface area contributed by atoms with Crippen molar-refractivity contribution in [2.75, 3.05) is 13.1 Å². The van der Waals surface area contributed by atoms with Crippen LogP contribution >= 0.6 is 17.0 Å². The molecular formula is C27H39BrN2O3. The van der Waals surface area contributed by atoms with Gasteiger partial charge in [0.25, 0.3) is 0 Å². The molecule has 0 bridgehead atoms. The monoisotopic (exact) mass is 518 g/mol. The molecule has 1 aromatic carbocycles. The summed E-state index contributed by atoms with van der Waals surface area (Å²) in [5, 5.41) is 11.7. The fourth-order valence-corrected chi connectivity index (χ4v) is 6.53. The minimum Gasteiger partial charge on any atom is -0.459 e. The molecule has 2 aliphatic carbocycles. The number of fused-ring (bicyclic) bond motifs is 2. The first-order chi connectivity index (χ1) is 15.5. The largest absolute Gasteiger partial charge is 0.459 e. The third-order valence-corrected chi connectivity index (χ3v) is 8.06. The van der Waals surface area contributed by atoms with E-state index in [-0.39, 0.29) is 35.0 Å². The second kappa shape index (κ2) is 10.1. The van der Waals surface area contributed by atoms with E-state index < -0.39 is 6.10 Å². The third-order valence-electron chi connectivity index (χ3n) is 8.06. The third kappa shape index (κ3) is 4.51. The molecule has 1 N–H and O–H groups in total. The quantitative estimate of drug-likeness (QED) is 0.539. The van der Waals surface area contributed by atoms with Crippen LogP contribution in [0.15, 0.2) is 24.4 Å². The molecule has 1 aromatic heterocycles. The zero-order valence-corrected chi connectivity index (χ0v) is 21.9. The Balaban J connectivity index is 0.00000259. The number of likely N-dealkylation sites (tertiary alicyclic amines) is 1. The lowest BCUT2D eigenvalue weighted by Gasteiger charge is -2.46. The van der Waals surface area contributed by atoms with Crippen LogP contribution in [0.3, 0.4) is 0 Å². The highest BCUT2D eigenvalue weighted by Gasteiger charge is 2.44. The topological polar surface area (TPSA) is 54.7 Å². The molecular weight excluding hydrogens is 480 g/mol. The number of carbonyl (C=O) groups excluding carboxylic acids is 1. The number of nitrogens with zero attached hydrogens (tertiary/aromatic N) is 2. The normalized spacial score (nSPS) is 29.5. The predicted molar refractivity (Wildman–Crippen MR) is 137 cm³/mol. The van der Waals surface area contributed by atoms with E-state index in [0.29, 0.717) is 18.0 Å². The fourth-order valence-electron chi connectivity index (χ4n) is 6.53. The molecule has 0 radical (unpaired) electrons. The van der Waals surface area contributed by atoms with Crippen LogP contribution in [0.2, 0.25) is 0 Å². The van der Waals surface area contributed by atoms with Gasteiger partial charge in [-0.3, -0.25) is 9.69 Å². The van der Waals surface area contributed by atoms with Crippen LogP contribution in [0.1, 0.15) is 82.4 Å². The number of halogens is 1. The number of aliphatic hydroxyl groups is 1. The Labute approximate surface area is 208 Å². The second-order valence-electron chi connectivity index (χ2n) is 10.5. The van der Waals surface area contributed by atoms with Crippen molar-refractivity contribution in [3.63, 3.8) is 0 Å². The SMILES string of the molecule is Br.CCCN1CC(C(=O)OC2CCCCC2O)C[C@@H]2c3cccc4c3c(cn4C(C)C)C[C@H]21. The Hall–Kier alpha value is -1.37. The van der Waals surface area contributed by atoms with Gasteiger partial charge in [-0.2, -0.15) is 0 Å². The standard InChI is InChI=1S/C27H38N2O3.BrH/c1-4-12-28-15-19(27(31)32-25-11-6-5-10-24(25)30)13-21-20-8-7-9-22-26(20)18(14-23(21)28)16-29(22)17(2)3;/h7-9,16-17,19,21,23-25,30H,4-6,10-15H2,1-3H3;1H/t19?,21-,23-,24?,25?;/m1./s1. The van der Waals surface area contributed by atoms with Crippen LogP contribution in [0, 0.1) is 5.92 Å². The van der Waals surface area contributed by atoms with Crippen molar-refractivity contribution >= 4 is 33.9 Å². The molecule has 3 aliphatic rings.